The molecule has 144 valence electrons. The van der Waals surface area contributed by atoms with E-state index in [1.165, 1.54) is 0 Å². The van der Waals surface area contributed by atoms with Gasteiger partial charge in [0.05, 0.1) is 12.1 Å². The molecule has 0 saturated heterocycles. The Bertz CT molecular complexity index is 638. The first kappa shape index (κ1) is 22.6. The summed E-state index contributed by atoms with van der Waals surface area (Å²) >= 11 is 6.40. The maximum absolute atomic E-state index is 8.77. The summed E-state index contributed by atoms with van der Waals surface area (Å²) in [6.45, 7) is 2.33. The van der Waals surface area contributed by atoms with Crippen LogP contribution in [0.3, 0.4) is 0 Å². The van der Waals surface area contributed by atoms with Crippen LogP contribution < -0.4 is 14.8 Å². The summed E-state index contributed by atoms with van der Waals surface area (Å²) in [5.74, 6) is 1.21. The Morgan fingerprint density at radius 3 is 2.50 bits per heavy atom. The molecule has 4 nitrogen and oxygen atoms in total. The molecule has 2 rings (SSSR count). The van der Waals surface area contributed by atoms with Crippen LogP contribution in [0.4, 0.5) is 0 Å². The summed E-state index contributed by atoms with van der Waals surface area (Å²) in [6.07, 6.45) is 2.93. The number of aliphatic hydroxyl groups excluding tert-OH is 1. The maximum Gasteiger partial charge on any atom is 0.180 e. The van der Waals surface area contributed by atoms with Crippen molar-refractivity contribution >= 4 is 24.0 Å². The van der Waals surface area contributed by atoms with Gasteiger partial charge in [-0.1, -0.05) is 41.9 Å². The Balaban J connectivity index is 0.00000338. The van der Waals surface area contributed by atoms with E-state index in [2.05, 4.69) is 5.32 Å². The summed E-state index contributed by atoms with van der Waals surface area (Å²) in [4.78, 5) is 0. The Morgan fingerprint density at radius 1 is 1.04 bits per heavy atom. The van der Waals surface area contributed by atoms with Crippen molar-refractivity contribution in [3.63, 3.8) is 0 Å². The second kappa shape index (κ2) is 12.8. The molecule has 26 heavy (non-hydrogen) atoms. The van der Waals surface area contributed by atoms with Crippen molar-refractivity contribution in [2.24, 2.45) is 0 Å². The number of methoxy groups -OCH3 is 1. The Labute approximate surface area is 166 Å². The average molecular weight is 400 g/mol. The van der Waals surface area contributed by atoms with Crippen LogP contribution in [0.15, 0.2) is 42.5 Å². The number of hydrogen-bond acceptors (Lipinski definition) is 4. The van der Waals surface area contributed by atoms with Crippen LogP contribution in [0.25, 0.3) is 0 Å². The van der Waals surface area contributed by atoms with Crippen LogP contribution in [-0.2, 0) is 13.2 Å². The van der Waals surface area contributed by atoms with Gasteiger partial charge in [-0.3, -0.25) is 0 Å². The van der Waals surface area contributed by atoms with Crippen molar-refractivity contribution in [1.29, 1.82) is 0 Å². The first-order chi connectivity index (χ1) is 12.2. The summed E-state index contributed by atoms with van der Waals surface area (Å²) in [5.41, 5.74) is 2.13. The van der Waals surface area contributed by atoms with Gasteiger partial charge in [0, 0.05) is 13.2 Å². The summed E-state index contributed by atoms with van der Waals surface area (Å²) < 4.78 is 11.3. The molecule has 0 aliphatic rings. The monoisotopic (exact) mass is 399 g/mol. The first-order valence-electron chi connectivity index (χ1n) is 8.59. The van der Waals surface area contributed by atoms with Crippen LogP contribution >= 0.6 is 24.0 Å². The van der Waals surface area contributed by atoms with Crippen molar-refractivity contribution in [2.75, 3.05) is 20.3 Å². The van der Waals surface area contributed by atoms with Gasteiger partial charge in [0.15, 0.2) is 11.5 Å². The van der Waals surface area contributed by atoms with Crippen molar-refractivity contribution in [3.8, 4) is 11.5 Å². The van der Waals surface area contributed by atoms with Crippen molar-refractivity contribution < 1.29 is 14.6 Å². The molecule has 0 spiro atoms. The second-order valence-electron chi connectivity index (χ2n) is 5.84. The van der Waals surface area contributed by atoms with Gasteiger partial charge >= 0.3 is 0 Å². The molecule has 2 N–H and O–H groups in total. The highest BCUT2D eigenvalue weighted by Gasteiger charge is 2.12. The fourth-order valence-electron chi connectivity index (χ4n) is 2.52. The lowest BCUT2D eigenvalue weighted by atomic mass is 10.2. The average Bonchev–Trinajstić information content (AvgIpc) is 2.64. The highest BCUT2D eigenvalue weighted by molar-refractivity contribution is 6.32. The lowest BCUT2D eigenvalue weighted by Gasteiger charge is -2.14. The van der Waals surface area contributed by atoms with E-state index in [9.17, 15) is 0 Å². The summed E-state index contributed by atoms with van der Waals surface area (Å²) in [7, 11) is 1.62. The Kier molecular flexibility index (Phi) is 11.1. The third-order valence-corrected chi connectivity index (χ3v) is 4.14. The zero-order valence-corrected chi connectivity index (χ0v) is 16.6. The van der Waals surface area contributed by atoms with Gasteiger partial charge < -0.3 is 19.9 Å². The number of halogens is 2. The van der Waals surface area contributed by atoms with Gasteiger partial charge in [-0.15, -0.1) is 12.4 Å². The molecule has 0 saturated carbocycles. The molecule has 0 aromatic heterocycles. The topological polar surface area (TPSA) is 50.7 Å². The van der Waals surface area contributed by atoms with E-state index in [1.807, 2.05) is 42.5 Å². The van der Waals surface area contributed by atoms with Crippen molar-refractivity contribution in [3.05, 3.63) is 58.6 Å². The largest absolute Gasteiger partial charge is 0.493 e. The number of benzene rings is 2. The van der Waals surface area contributed by atoms with Crippen LogP contribution in [0, 0.1) is 0 Å². The highest BCUT2D eigenvalue weighted by atomic mass is 35.5. The predicted molar refractivity (Wildman–Crippen MR) is 109 cm³/mol. The first-order valence-corrected chi connectivity index (χ1v) is 8.97. The summed E-state index contributed by atoms with van der Waals surface area (Å²) in [6, 6.07) is 13.8. The number of aliphatic hydroxyl groups is 1. The molecule has 0 aliphatic carbocycles. The minimum Gasteiger partial charge on any atom is -0.493 e. The molecule has 6 heteroatoms. The van der Waals surface area contributed by atoms with E-state index in [0.29, 0.717) is 29.7 Å². The lowest BCUT2D eigenvalue weighted by Crippen LogP contribution is -2.15. The van der Waals surface area contributed by atoms with Gasteiger partial charge in [-0.05, 0) is 49.1 Å². The molecule has 0 atom stereocenters. The minimum atomic E-state index is 0. The minimum absolute atomic E-state index is 0. The van der Waals surface area contributed by atoms with E-state index in [4.69, 9.17) is 26.2 Å². The Hall–Kier alpha value is -1.46. The zero-order valence-electron chi connectivity index (χ0n) is 15.0. The highest BCUT2D eigenvalue weighted by Crippen LogP contribution is 2.37. The van der Waals surface area contributed by atoms with Crippen LogP contribution in [0.5, 0.6) is 11.5 Å². The van der Waals surface area contributed by atoms with Gasteiger partial charge in [-0.25, -0.2) is 0 Å². The fraction of sp³-hybridized carbons (Fsp3) is 0.400. The standard InChI is InChI=1S/C20H26ClNO3.ClH/c1-24-19-13-17(14-22-10-6-3-7-11-23)12-18(21)20(19)25-15-16-8-4-2-5-9-16;/h2,4-5,8-9,12-13,22-23H,3,6-7,10-11,14-15H2,1H3;1H. The lowest BCUT2D eigenvalue weighted by molar-refractivity contribution is 0.282. The number of rotatable bonds is 11. The molecular weight excluding hydrogens is 373 g/mol. The third-order valence-electron chi connectivity index (χ3n) is 3.86. The molecule has 0 bridgehead atoms. The van der Waals surface area contributed by atoms with E-state index >= 15 is 0 Å². The van der Waals surface area contributed by atoms with Crippen LogP contribution in [-0.4, -0.2) is 25.4 Å². The molecule has 0 heterocycles. The van der Waals surface area contributed by atoms with E-state index in [1.54, 1.807) is 7.11 Å². The molecule has 2 aromatic rings. The van der Waals surface area contributed by atoms with Gasteiger partial charge in [-0.2, -0.15) is 0 Å². The number of unbranched alkanes of at least 4 members (excludes halogenated alkanes) is 2. The van der Waals surface area contributed by atoms with Crippen molar-refractivity contribution in [1.82, 2.24) is 5.32 Å². The maximum atomic E-state index is 8.77. The van der Waals surface area contributed by atoms with E-state index < -0.39 is 0 Å². The van der Waals surface area contributed by atoms with Crippen LogP contribution in [0.1, 0.15) is 30.4 Å². The molecule has 0 aliphatic heterocycles. The van der Waals surface area contributed by atoms with E-state index in [-0.39, 0.29) is 19.0 Å². The quantitative estimate of drug-likeness (QED) is 0.542. The predicted octanol–water partition coefficient (Wildman–Crippen LogP) is 4.60. The fourth-order valence-corrected chi connectivity index (χ4v) is 2.80. The van der Waals surface area contributed by atoms with Gasteiger partial charge in [0.1, 0.15) is 6.61 Å². The smallest absolute Gasteiger partial charge is 0.180 e. The summed E-state index contributed by atoms with van der Waals surface area (Å²) in [5, 5.41) is 12.7. The number of ether oxygens (including phenoxy) is 2. The second-order valence-corrected chi connectivity index (χ2v) is 6.25. The number of nitrogens with one attached hydrogen (secondary N) is 1. The molecule has 0 radical (unpaired) electrons. The Morgan fingerprint density at radius 2 is 1.81 bits per heavy atom. The molecular formula is C20H27Cl2NO3. The molecule has 0 amide bonds. The number of hydrogen-bond donors (Lipinski definition) is 2. The zero-order chi connectivity index (χ0) is 17.9. The normalized spacial score (nSPS) is 10.3. The van der Waals surface area contributed by atoms with E-state index in [0.717, 1.165) is 36.9 Å². The third kappa shape index (κ3) is 7.42. The van der Waals surface area contributed by atoms with Gasteiger partial charge in [0.2, 0.25) is 0 Å². The van der Waals surface area contributed by atoms with Crippen LogP contribution in [0.2, 0.25) is 5.02 Å². The van der Waals surface area contributed by atoms with Gasteiger partial charge in [0.25, 0.3) is 0 Å². The molecule has 0 unspecified atom stereocenters. The SMILES string of the molecule is COc1cc(CNCCCCCO)cc(Cl)c1OCc1ccccc1.Cl. The molecule has 2 aromatic carbocycles. The van der Waals surface area contributed by atoms with Crippen molar-refractivity contribution in [2.45, 2.75) is 32.4 Å². The molecule has 0 fully saturated rings.